The van der Waals surface area contributed by atoms with Crippen molar-refractivity contribution >= 4 is 18.5 Å². The lowest BCUT2D eigenvalue weighted by molar-refractivity contribution is 0.354. The first-order chi connectivity index (χ1) is 11.7. The number of ether oxygens (including phenoxy) is 2. The van der Waals surface area contributed by atoms with E-state index < -0.39 is 0 Å². The number of methoxy groups -OCH3 is 2. The fourth-order valence-electron chi connectivity index (χ4n) is 2.44. The molecule has 24 heavy (non-hydrogen) atoms. The summed E-state index contributed by atoms with van der Waals surface area (Å²) >= 11 is 4.46. The van der Waals surface area contributed by atoms with Crippen LogP contribution in [-0.2, 0) is 6.54 Å². The van der Waals surface area contributed by atoms with E-state index in [0.29, 0.717) is 23.9 Å². The van der Waals surface area contributed by atoms with Crippen molar-refractivity contribution in [1.82, 2.24) is 0 Å². The Labute approximate surface area is 146 Å². The van der Waals surface area contributed by atoms with Gasteiger partial charge in [-0.3, -0.25) is 0 Å². The van der Waals surface area contributed by atoms with Gasteiger partial charge in [0.15, 0.2) is 17.4 Å². The van der Waals surface area contributed by atoms with Crippen molar-refractivity contribution in [3.63, 3.8) is 0 Å². The van der Waals surface area contributed by atoms with Crippen molar-refractivity contribution in [2.24, 2.45) is 0 Å². The van der Waals surface area contributed by atoms with Crippen LogP contribution in [0.5, 0.6) is 11.5 Å². The molecule has 3 rings (SSSR count). The molecule has 0 aliphatic carbocycles. The number of nitrogens with one attached hydrogen (secondary N) is 1. The first-order valence-electron chi connectivity index (χ1n) is 7.54. The van der Waals surface area contributed by atoms with Gasteiger partial charge in [-0.1, -0.05) is 24.3 Å². The minimum absolute atomic E-state index is 0.621. The summed E-state index contributed by atoms with van der Waals surface area (Å²) in [5, 5.41) is 3.27. The average Bonchev–Trinajstić information content (AvgIpc) is 3.08. The summed E-state index contributed by atoms with van der Waals surface area (Å²) in [4.78, 5) is 0.887. The van der Waals surface area contributed by atoms with E-state index in [9.17, 15) is 0 Å². The Morgan fingerprint density at radius 2 is 1.75 bits per heavy atom. The molecule has 0 unspecified atom stereocenters. The lowest BCUT2D eigenvalue weighted by Gasteiger charge is -2.10. The van der Waals surface area contributed by atoms with Crippen molar-refractivity contribution in [3.8, 4) is 22.8 Å². The molecular formula is C19H19NO3S. The van der Waals surface area contributed by atoms with Crippen LogP contribution in [0.25, 0.3) is 11.3 Å². The molecule has 0 aliphatic rings. The van der Waals surface area contributed by atoms with E-state index in [1.165, 1.54) is 0 Å². The van der Waals surface area contributed by atoms with Crippen molar-refractivity contribution < 1.29 is 13.9 Å². The van der Waals surface area contributed by atoms with Gasteiger partial charge in [0.2, 0.25) is 0 Å². The zero-order valence-corrected chi connectivity index (χ0v) is 14.5. The lowest BCUT2D eigenvalue weighted by atomic mass is 10.2. The van der Waals surface area contributed by atoms with Gasteiger partial charge in [-0.25, -0.2) is 0 Å². The maximum absolute atomic E-state index is 5.86. The van der Waals surface area contributed by atoms with Gasteiger partial charge in [0, 0.05) is 23.1 Å². The maximum Gasteiger partial charge on any atom is 0.193 e. The Hall–Kier alpha value is -2.53. The number of benzene rings is 2. The van der Waals surface area contributed by atoms with Gasteiger partial charge in [0.25, 0.3) is 0 Å². The third-order valence-electron chi connectivity index (χ3n) is 3.69. The Kier molecular flexibility index (Phi) is 5.01. The van der Waals surface area contributed by atoms with E-state index >= 15 is 0 Å². The summed E-state index contributed by atoms with van der Waals surface area (Å²) in [5.74, 6) is 2.92. The summed E-state index contributed by atoms with van der Waals surface area (Å²) < 4.78 is 16.4. The smallest absolute Gasteiger partial charge is 0.193 e. The van der Waals surface area contributed by atoms with E-state index in [1.807, 2.05) is 54.6 Å². The summed E-state index contributed by atoms with van der Waals surface area (Å²) in [5.41, 5.74) is 2.04. The lowest BCUT2D eigenvalue weighted by Crippen LogP contribution is -1.99. The molecule has 5 heteroatoms. The van der Waals surface area contributed by atoms with Crippen LogP contribution >= 0.6 is 12.6 Å². The average molecular weight is 341 g/mol. The van der Waals surface area contributed by atoms with Crippen LogP contribution in [-0.4, -0.2) is 14.2 Å². The zero-order valence-electron chi connectivity index (χ0n) is 13.6. The molecule has 0 spiro atoms. The highest BCUT2D eigenvalue weighted by Gasteiger charge is 2.08. The predicted molar refractivity (Wildman–Crippen MR) is 98.3 cm³/mol. The summed E-state index contributed by atoms with van der Waals surface area (Å²) in [7, 11) is 3.25. The topological polar surface area (TPSA) is 43.6 Å². The molecule has 2 aromatic carbocycles. The number of hydrogen-bond acceptors (Lipinski definition) is 5. The highest BCUT2D eigenvalue weighted by Crippen LogP contribution is 2.31. The number of anilines is 1. The molecule has 0 radical (unpaired) electrons. The molecule has 0 amide bonds. The maximum atomic E-state index is 5.86. The van der Waals surface area contributed by atoms with E-state index in [0.717, 1.165) is 21.8 Å². The van der Waals surface area contributed by atoms with Crippen LogP contribution in [0.1, 0.15) is 5.56 Å². The summed E-state index contributed by atoms with van der Waals surface area (Å²) in [6, 6.07) is 17.5. The molecule has 124 valence electrons. The minimum atomic E-state index is 0.621. The molecular weight excluding hydrogens is 322 g/mol. The second-order valence-electron chi connectivity index (χ2n) is 5.22. The molecule has 0 aliphatic heterocycles. The number of thiol groups is 1. The van der Waals surface area contributed by atoms with E-state index in [-0.39, 0.29) is 0 Å². The summed E-state index contributed by atoms with van der Waals surface area (Å²) in [6.07, 6.45) is 0. The fraction of sp³-hybridized carbons (Fsp3) is 0.158. The molecule has 4 nitrogen and oxygen atoms in total. The Balaban J connectivity index is 1.71. The van der Waals surface area contributed by atoms with Crippen LogP contribution in [0.4, 0.5) is 5.88 Å². The Morgan fingerprint density at radius 1 is 0.958 bits per heavy atom. The van der Waals surface area contributed by atoms with Crippen LogP contribution in [0, 0.1) is 0 Å². The second kappa shape index (κ2) is 7.36. The van der Waals surface area contributed by atoms with Gasteiger partial charge in [0.05, 0.1) is 14.2 Å². The SMILES string of the molecule is COc1ccc(CNc2ccc(-c3ccccc3S)o2)cc1OC. The van der Waals surface area contributed by atoms with Crippen LogP contribution < -0.4 is 14.8 Å². The van der Waals surface area contributed by atoms with Crippen LogP contribution in [0.15, 0.2) is 63.9 Å². The van der Waals surface area contributed by atoms with Crippen LogP contribution in [0.3, 0.4) is 0 Å². The minimum Gasteiger partial charge on any atom is -0.493 e. The van der Waals surface area contributed by atoms with Gasteiger partial charge in [0.1, 0.15) is 5.76 Å². The highest BCUT2D eigenvalue weighted by atomic mass is 32.1. The van der Waals surface area contributed by atoms with Crippen LogP contribution in [0.2, 0.25) is 0 Å². The standard InChI is InChI=1S/C19H19NO3S/c1-21-16-8-7-13(11-17(16)22-2)12-20-19-10-9-15(23-19)14-5-3-4-6-18(14)24/h3-11,20,24H,12H2,1-2H3. The molecule has 0 saturated heterocycles. The number of rotatable bonds is 6. The molecule has 3 aromatic rings. The number of hydrogen-bond donors (Lipinski definition) is 2. The molecule has 0 bridgehead atoms. The van der Waals surface area contributed by atoms with Crippen molar-refractivity contribution in [2.75, 3.05) is 19.5 Å². The predicted octanol–water partition coefficient (Wildman–Crippen LogP) is 4.86. The van der Waals surface area contributed by atoms with E-state index in [1.54, 1.807) is 14.2 Å². The molecule has 1 heterocycles. The third kappa shape index (κ3) is 3.51. The molecule has 0 atom stereocenters. The van der Waals surface area contributed by atoms with E-state index in [4.69, 9.17) is 13.9 Å². The Bertz CT molecular complexity index is 829. The first-order valence-corrected chi connectivity index (χ1v) is 7.99. The van der Waals surface area contributed by atoms with E-state index in [2.05, 4.69) is 17.9 Å². The van der Waals surface area contributed by atoms with Gasteiger partial charge in [-0.05, 0) is 29.8 Å². The third-order valence-corrected chi connectivity index (χ3v) is 4.08. The van der Waals surface area contributed by atoms with Gasteiger partial charge in [-0.2, -0.15) is 0 Å². The summed E-state index contributed by atoms with van der Waals surface area (Å²) in [6.45, 7) is 0.621. The highest BCUT2D eigenvalue weighted by molar-refractivity contribution is 7.80. The Morgan fingerprint density at radius 3 is 2.50 bits per heavy atom. The van der Waals surface area contributed by atoms with Crippen molar-refractivity contribution in [3.05, 3.63) is 60.2 Å². The van der Waals surface area contributed by atoms with Gasteiger partial charge < -0.3 is 19.2 Å². The first kappa shape index (κ1) is 16.3. The van der Waals surface area contributed by atoms with Gasteiger partial charge >= 0.3 is 0 Å². The number of furan rings is 1. The largest absolute Gasteiger partial charge is 0.493 e. The second-order valence-corrected chi connectivity index (χ2v) is 5.71. The zero-order chi connectivity index (χ0) is 16.9. The molecule has 1 N–H and O–H groups in total. The van der Waals surface area contributed by atoms with Crippen molar-refractivity contribution in [1.29, 1.82) is 0 Å². The molecule has 0 fully saturated rings. The monoisotopic (exact) mass is 341 g/mol. The van der Waals surface area contributed by atoms with Crippen molar-refractivity contribution in [2.45, 2.75) is 11.4 Å². The molecule has 1 aromatic heterocycles. The van der Waals surface area contributed by atoms with Gasteiger partial charge in [-0.15, -0.1) is 12.6 Å². The quantitative estimate of drug-likeness (QED) is 0.628. The fourth-order valence-corrected chi connectivity index (χ4v) is 2.71. The normalized spacial score (nSPS) is 10.5. The molecule has 0 saturated carbocycles.